The zero-order valence-electron chi connectivity index (χ0n) is 15.4. The van der Waals surface area contributed by atoms with E-state index >= 15 is 0 Å². The van der Waals surface area contributed by atoms with Gasteiger partial charge in [-0.05, 0) is 24.6 Å². The Hall–Kier alpha value is -3.42. The molecule has 2 N–H and O–H groups in total. The van der Waals surface area contributed by atoms with E-state index < -0.39 is 5.91 Å². The number of nitrogens with one attached hydrogen (secondary N) is 2. The largest absolute Gasteiger partial charge is 0.352 e. The molecule has 2 aromatic heterocycles. The Balaban J connectivity index is 1.75. The maximum absolute atomic E-state index is 12.6. The fourth-order valence-electron chi connectivity index (χ4n) is 2.94. The van der Waals surface area contributed by atoms with Crippen molar-refractivity contribution in [3.63, 3.8) is 0 Å². The summed E-state index contributed by atoms with van der Waals surface area (Å²) in [5.74, 6) is -0.587. The maximum atomic E-state index is 12.6. The molecule has 0 saturated carbocycles. The third kappa shape index (κ3) is 3.59. The third-order valence-electron chi connectivity index (χ3n) is 4.30. The Morgan fingerprint density at radius 2 is 1.78 bits per heavy atom. The van der Waals surface area contributed by atoms with Gasteiger partial charge in [0.1, 0.15) is 11.2 Å². The molecule has 2 heterocycles. The van der Waals surface area contributed by atoms with Gasteiger partial charge in [0.2, 0.25) is 5.43 Å². The third-order valence-corrected chi connectivity index (χ3v) is 4.30. The Bertz CT molecular complexity index is 1060. The number of benzene rings is 1. The molecule has 0 fully saturated rings. The van der Waals surface area contributed by atoms with Crippen LogP contribution in [0, 0.1) is 0 Å². The molecule has 27 heavy (non-hydrogen) atoms. The van der Waals surface area contributed by atoms with Gasteiger partial charge in [0, 0.05) is 38.9 Å². The number of nitrogens with zero attached hydrogens (tertiary/aromatic N) is 3. The first-order valence-corrected chi connectivity index (χ1v) is 8.59. The van der Waals surface area contributed by atoms with Crippen LogP contribution >= 0.6 is 0 Å². The topological polar surface area (TPSA) is 98.0 Å². The molecule has 0 aliphatic heterocycles. The van der Waals surface area contributed by atoms with E-state index in [-0.39, 0.29) is 23.4 Å². The van der Waals surface area contributed by atoms with Gasteiger partial charge in [0.05, 0.1) is 11.6 Å². The van der Waals surface area contributed by atoms with E-state index in [2.05, 4.69) is 15.7 Å². The molecule has 0 saturated heterocycles. The van der Waals surface area contributed by atoms with Crippen molar-refractivity contribution in [2.24, 2.45) is 14.1 Å². The number of hydrogen-bond donors (Lipinski definition) is 2. The van der Waals surface area contributed by atoms with Crippen molar-refractivity contribution < 1.29 is 9.59 Å². The Kier molecular flexibility index (Phi) is 5.07. The number of fused-ring (bicyclic) bond motifs is 1. The van der Waals surface area contributed by atoms with Crippen molar-refractivity contribution >= 4 is 22.8 Å². The van der Waals surface area contributed by atoms with Crippen LogP contribution in [-0.2, 0) is 20.6 Å². The lowest BCUT2D eigenvalue weighted by atomic mass is 10.1. The number of carbonyl (C=O) groups excluding carboxylic acids is 2. The van der Waals surface area contributed by atoms with Crippen LogP contribution in [0.5, 0.6) is 0 Å². The summed E-state index contributed by atoms with van der Waals surface area (Å²) >= 11 is 0. The summed E-state index contributed by atoms with van der Waals surface area (Å²) in [4.78, 5) is 36.8. The minimum Gasteiger partial charge on any atom is -0.352 e. The molecule has 0 unspecified atom stereocenters. The van der Waals surface area contributed by atoms with E-state index in [0.717, 1.165) is 5.56 Å². The quantitative estimate of drug-likeness (QED) is 0.702. The minimum absolute atomic E-state index is 0.0666. The lowest BCUT2D eigenvalue weighted by Gasteiger charge is -2.09. The van der Waals surface area contributed by atoms with Crippen molar-refractivity contribution in [2.45, 2.75) is 13.5 Å². The van der Waals surface area contributed by atoms with Crippen LogP contribution in [0.1, 0.15) is 33.2 Å². The van der Waals surface area contributed by atoms with Gasteiger partial charge in [-0.2, -0.15) is 5.10 Å². The van der Waals surface area contributed by atoms with Crippen molar-refractivity contribution in [3.05, 3.63) is 63.6 Å². The van der Waals surface area contributed by atoms with E-state index in [0.29, 0.717) is 23.1 Å². The van der Waals surface area contributed by atoms with Gasteiger partial charge >= 0.3 is 0 Å². The number of aromatic nitrogens is 3. The summed E-state index contributed by atoms with van der Waals surface area (Å²) in [6.07, 6.45) is 2.98. The van der Waals surface area contributed by atoms with Gasteiger partial charge in [-0.3, -0.25) is 19.1 Å². The number of aryl methyl sites for hydroxylation is 2. The first-order valence-electron chi connectivity index (χ1n) is 8.59. The molecule has 0 spiro atoms. The predicted molar refractivity (Wildman–Crippen MR) is 102 cm³/mol. The van der Waals surface area contributed by atoms with Gasteiger partial charge in [0.15, 0.2) is 0 Å². The highest BCUT2D eigenvalue weighted by Gasteiger charge is 2.16. The standard InChI is InChI=1S/C19H21N5O3/c1-4-20-17(26)13-7-5-12(6-8-13)9-21-18(27)15-11-23(2)19-14(16(15)25)10-22-24(19)3/h5-8,10-11H,4,9H2,1-3H3,(H,20,26)(H,21,27). The molecule has 8 heteroatoms. The molecule has 3 rings (SSSR count). The monoisotopic (exact) mass is 367 g/mol. The van der Waals surface area contributed by atoms with E-state index in [4.69, 9.17) is 0 Å². The van der Waals surface area contributed by atoms with E-state index in [1.54, 1.807) is 47.6 Å². The van der Waals surface area contributed by atoms with Crippen LogP contribution in [0.25, 0.3) is 11.0 Å². The highest BCUT2D eigenvalue weighted by Crippen LogP contribution is 2.10. The van der Waals surface area contributed by atoms with Gasteiger partial charge in [-0.25, -0.2) is 0 Å². The summed E-state index contributed by atoms with van der Waals surface area (Å²) in [5, 5.41) is 9.96. The van der Waals surface area contributed by atoms with Gasteiger partial charge in [0.25, 0.3) is 11.8 Å². The smallest absolute Gasteiger partial charge is 0.257 e. The Labute approximate surface area is 155 Å². The summed E-state index contributed by atoms with van der Waals surface area (Å²) in [6.45, 7) is 2.67. The van der Waals surface area contributed by atoms with Gasteiger partial charge < -0.3 is 15.2 Å². The molecule has 0 aliphatic carbocycles. The fourth-order valence-corrected chi connectivity index (χ4v) is 2.94. The SMILES string of the molecule is CCNC(=O)c1ccc(CNC(=O)c2cn(C)c3c(cnn3C)c2=O)cc1. The minimum atomic E-state index is -0.450. The molecular formula is C19H21N5O3. The van der Waals surface area contributed by atoms with Crippen LogP contribution < -0.4 is 16.1 Å². The summed E-state index contributed by atoms with van der Waals surface area (Å²) in [7, 11) is 3.51. The molecule has 0 atom stereocenters. The van der Waals surface area contributed by atoms with Crippen LogP contribution in [0.3, 0.4) is 0 Å². The molecular weight excluding hydrogens is 346 g/mol. The first-order chi connectivity index (χ1) is 12.9. The number of amides is 2. The van der Waals surface area contributed by atoms with Crippen molar-refractivity contribution in [1.82, 2.24) is 25.0 Å². The average Bonchev–Trinajstić information content (AvgIpc) is 3.06. The fraction of sp³-hybridized carbons (Fsp3) is 0.263. The average molecular weight is 367 g/mol. The van der Waals surface area contributed by atoms with Crippen LogP contribution in [0.2, 0.25) is 0 Å². The second kappa shape index (κ2) is 7.45. The predicted octanol–water partition coefficient (Wildman–Crippen LogP) is 0.952. The van der Waals surface area contributed by atoms with Crippen molar-refractivity contribution in [2.75, 3.05) is 6.54 Å². The van der Waals surface area contributed by atoms with Crippen molar-refractivity contribution in [3.8, 4) is 0 Å². The van der Waals surface area contributed by atoms with Crippen molar-refractivity contribution in [1.29, 1.82) is 0 Å². The van der Waals surface area contributed by atoms with Crippen LogP contribution in [-0.4, -0.2) is 32.7 Å². The number of hydrogen-bond acceptors (Lipinski definition) is 4. The number of carbonyl (C=O) groups is 2. The number of pyridine rings is 1. The Morgan fingerprint density at radius 1 is 1.07 bits per heavy atom. The van der Waals surface area contributed by atoms with Gasteiger partial charge in [-0.1, -0.05) is 12.1 Å². The second-order valence-corrected chi connectivity index (χ2v) is 6.23. The zero-order valence-corrected chi connectivity index (χ0v) is 15.4. The molecule has 0 radical (unpaired) electrons. The molecule has 2 amide bonds. The van der Waals surface area contributed by atoms with E-state index in [1.165, 1.54) is 12.4 Å². The molecule has 8 nitrogen and oxygen atoms in total. The number of rotatable bonds is 5. The summed E-state index contributed by atoms with van der Waals surface area (Å²) in [5.41, 5.74) is 1.76. The molecule has 0 bridgehead atoms. The summed E-state index contributed by atoms with van der Waals surface area (Å²) in [6, 6.07) is 6.95. The lowest BCUT2D eigenvalue weighted by molar-refractivity contribution is 0.0942. The highest BCUT2D eigenvalue weighted by atomic mass is 16.2. The van der Waals surface area contributed by atoms with E-state index in [9.17, 15) is 14.4 Å². The maximum Gasteiger partial charge on any atom is 0.257 e. The van der Waals surface area contributed by atoms with Crippen LogP contribution in [0.4, 0.5) is 0 Å². The van der Waals surface area contributed by atoms with E-state index in [1.807, 2.05) is 6.92 Å². The summed E-state index contributed by atoms with van der Waals surface area (Å²) < 4.78 is 3.30. The molecule has 140 valence electrons. The van der Waals surface area contributed by atoms with Gasteiger partial charge in [-0.15, -0.1) is 0 Å². The Morgan fingerprint density at radius 3 is 2.44 bits per heavy atom. The lowest BCUT2D eigenvalue weighted by Crippen LogP contribution is -2.29. The van der Waals surface area contributed by atoms with Crippen LogP contribution in [0.15, 0.2) is 41.5 Å². The zero-order chi connectivity index (χ0) is 19.6. The molecule has 1 aromatic carbocycles. The molecule has 3 aromatic rings. The highest BCUT2D eigenvalue weighted by molar-refractivity contribution is 5.97. The normalized spacial score (nSPS) is 10.8. The molecule has 0 aliphatic rings. The first kappa shape index (κ1) is 18.4. The second-order valence-electron chi connectivity index (χ2n) is 6.23.